The lowest BCUT2D eigenvalue weighted by Crippen LogP contribution is -2.37. The number of nitrogens with zero attached hydrogens (tertiary/aromatic N) is 1. The van der Waals surface area contributed by atoms with Gasteiger partial charge in [0.15, 0.2) is 0 Å². The monoisotopic (exact) mass is 305 g/mol. The fourth-order valence-corrected chi connectivity index (χ4v) is 2.76. The predicted octanol–water partition coefficient (Wildman–Crippen LogP) is 3.62. The van der Waals surface area contributed by atoms with Gasteiger partial charge in [0.25, 0.3) is 11.8 Å². The number of ether oxygens (including phenoxy) is 1. The van der Waals surface area contributed by atoms with E-state index in [-0.39, 0.29) is 16.2 Å². The van der Waals surface area contributed by atoms with Crippen molar-refractivity contribution in [1.29, 1.82) is 0 Å². The van der Waals surface area contributed by atoms with Gasteiger partial charge in [-0.05, 0) is 30.3 Å². The van der Waals surface area contributed by atoms with E-state index in [0.717, 1.165) is 0 Å². The lowest BCUT2D eigenvalue weighted by molar-refractivity contribution is -0.0377. The minimum atomic E-state index is -0.732. The van der Waals surface area contributed by atoms with Crippen molar-refractivity contribution in [1.82, 2.24) is 5.06 Å². The number of hydrogen-bond donors (Lipinski definition) is 1. The molecule has 2 amide bonds. The highest BCUT2D eigenvalue weighted by molar-refractivity contribution is 6.25. The molecule has 0 saturated carbocycles. The molecule has 5 nitrogen and oxygen atoms in total. The van der Waals surface area contributed by atoms with Crippen molar-refractivity contribution in [2.45, 2.75) is 0 Å². The number of hydroxylamine groups is 2. The van der Waals surface area contributed by atoms with Crippen molar-refractivity contribution in [3.05, 3.63) is 71.8 Å². The summed E-state index contributed by atoms with van der Waals surface area (Å²) in [6, 6.07) is 17.5. The first-order chi connectivity index (χ1) is 11.2. The van der Waals surface area contributed by atoms with Crippen molar-refractivity contribution >= 4 is 22.6 Å². The van der Waals surface area contributed by atoms with Gasteiger partial charge in [-0.15, -0.1) is 5.06 Å². The maximum absolute atomic E-state index is 12.1. The second kappa shape index (κ2) is 4.93. The molecule has 0 atom stereocenters. The van der Waals surface area contributed by atoms with Crippen LogP contribution in [0.4, 0.5) is 0 Å². The van der Waals surface area contributed by atoms with Gasteiger partial charge in [-0.2, -0.15) is 0 Å². The number of carbonyl (C=O) groups excluding carboxylic acids is 2. The molecule has 4 rings (SSSR count). The van der Waals surface area contributed by atoms with Crippen LogP contribution in [0, 0.1) is 0 Å². The Morgan fingerprint density at radius 2 is 1.48 bits per heavy atom. The second-order valence-corrected chi connectivity index (χ2v) is 5.18. The van der Waals surface area contributed by atoms with Crippen molar-refractivity contribution in [3.63, 3.8) is 0 Å². The van der Waals surface area contributed by atoms with Gasteiger partial charge in [-0.3, -0.25) is 14.8 Å². The van der Waals surface area contributed by atoms with Gasteiger partial charge >= 0.3 is 0 Å². The highest BCUT2D eigenvalue weighted by Crippen LogP contribution is 2.36. The molecule has 23 heavy (non-hydrogen) atoms. The maximum atomic E-state index is 12.1. The molecule has 3 aromatic carbocycles. The average molecular weight is 305 g/mol. The SMILES string of the molecule is O=C1c2cccc3c(Oc4ccccc4)ccc(c23)C(=O)N1O. The van der Waals surface area contributed by atoms with Gasteiger partial charge in [0.1, 0.15) is 11.5 Å². The summed E-state index contributed by atoms with van der Waals surface area (Å²) in [4.78, 5) is 24.2. The Hall–Kier alpha value is -3.18. The Morgan fingerprint density at radius 1 is 0.783 bits per heavy atom. The molecule has 0 unspecified atom stereocenters. The highest BCUT2D eigenvalue weighted by Gasteiger charge is 2.32. The van der Waals surface area contributed by atoms with E-state index in [1.165, 1.54) is 0 Å². The third-order valence-electron chi connectivity index (χ3n) is 3.82. The lowest BCUT2D eigenvalue weighted by Gasteiger charge is -2.22. The van der Waals surface area contributed by atoms with Gasteiger partial charge in [0.2, 0.25) is 0 Å². The molecule has 0 radical (unpaired) electrons. The van der Waals surface area contributed by atoms with Crippen molar-refractivity contribution in [2.24, 2.45) is 0 Å². The smallest absolute Gasteiger partial charge is 0.285 e. The molecule has 0 aliphatic carbocycles. The van der Waals surface area contributed by atoms with Crippen LogP contribution >= 0.6 is 0 Å². The van der Waals surface area contributed by atoms with Crippen LogP contribution in [0.3, 0.4) is 0 Å². The molecular weight excluding hydrogens is 294 g/mol. The Morgan fingerprint density at radius 3 is 2.22 bits per heavy atom. The summed E-state index contributed by atoms with van der Waals surface area (Å²) in [6.45, 7) is 0. The molecule has 5 heteroatoms. The molecule has 1 aliphatic heterocycles. The molecular formula is C18H11NO4. The van der Waals surface area contributed by atoms with Crippen LogP contribution in [0.25, 0.3) is 10.8 Å². The summed E-state index contributed by atoms with van der Waals surface area (Å²) in [6.07, 6.45) is 0. The van der Waals surface area contributed by atoms with Crippen LogP contribution in [0.5, 0.6) is 11.5 Å². The predicted molar refractivity (Wildman–Crippen MR) is 82.8 cm³/mol. The van der Waals surface area contributed by atoms with Crippen molar-refractivity contribution in [2.75, 3.05) is 0 Å². The van der Waals surface area contributed by atoms with E-state index in [1.54, 1.807) is 30.3 Å². The number of amides is 2. The molecule has 3 aromatic rings. The molecule has 112 valence electrons. The number of imide groups is 1. The number of benzene rings is 3. The van der Waals surface area contributed by atoms with Crippen LogP contribution in [0.2, 0.25) is 0 Å². The summed E-state index contributed by atoms with van der Waals surface area (Å²) in [5.74, 6) is -0.260. The van der Waals surface area contributed by atoms with Crippen molar-refractivity contribution < 1.29 is 19.5 Å². The summed E-state index contributed by atoms with van der Waals surface area (Å²) >= 11 is 0. The van der Waals surface area contributed by atoms with E-state index in [9.17, 15) is 14.8 Å². The van der Waals surface area contributed by atoms with Crippen LogP contribution in [-0.4, -0.2) is 22.1 Å². The summed E-state index contributed by atoms with van der Waals surface area (Å²) in [7, 11) is 0. The van der Waals surface area contributed by atoms with Crippen LogP contribution in [0.1, 0.15) is 20.7 Å². The summed E-state index contributed by atoms with van der Waals surface area (Å²) < 4.78 is 5.87. The average Bonchev–Trinajstić information content (AvgIpc) is 2.59. The van der Waals surface area contributed by atoms with Gasteiger partial charge in [0, 0.05) is 10.8 Å². The topological polar surface area (TPSA) is 66.8 Å². The first-order valence-corrected chi connectivity index (χ1v) is 7.03. The van der Waals surface area contributed by atoms with E-state index in [4.69, 9.17) is 4.74 Å². The zero-order chi connectivity index (χ0) is 16.0. The molecule has 1 N–H and O–H groups in total. The van der Waals surface area contributed by atoms with Crippen LogP contribution in [0.15, 0.2) is 60.7 Å². The highest BCUT2D eigenvalue weighted by atomic mass is 16.5. The second-order valence-electron chi connectivity index (χ2n) is 5.18. The van der Waals surface area contributed by atoms with Crippen LogP contribution < -0.4 is 4.74 Å². The van der Waals surface area contributed by atoms with E-state index < -0.39 is 11.8 Å². The van der Waals surface area contributed by atoms with E-state index in [1.807, 2.05) is 30.3 Å². The number of rotatable bonds is 2. The third kappa shape index (κ3) is 1.98. The van der Waals surface area contributed by atoms with Crippen molar-refractivity contribution in [3.8, 4) is 11.5 Å². The molecule has 1 heterocycles. The van der Waals surface area contributed by atoms with Gasteiger partial charge in [-0.1, -0.05) is 30.3 Å². The minimum absolute atomic E-state index is 0.148. The number of para-hydroxylation sites is 1. The zero-order valence-electron chi connectivity index (χ0n) is 11.9. The van der Waals surface area contributed by atoms with E-state index >= 15 is 0 Å². The van der Waals surface area contributed by atoms with Gasteiger partial charge < -0.3 is 4.74 Å². The quantitative estimate of drug-likeness (QED) is 0.580. The Balaban J connectivity index is 1.95. The Bertz CT molecular complexity index is 928. The third-order valence-corrected chi connectivity index (χ3v) is 3.82. The number of hydrogen-bond acceptors (Lipinski definition) is 4. The zero-order valence-corrected chi connectivity index (χ0v) is 11.9. The fourth-order valence-electron chi connectivity index (χ4n) is 2.76. The standard InChI is InChI=1S/C18H11NO4/c20-17-13-8-4-7-12-15(23-11-5-2-1-3-6-11)10-9-14(16(12)13)18(21)19(17)22/h1-10,22H. The summed E-state index contributed by atoms with van der Waals surface area (Å²) in [5, 5.41) is 11.0. The first kappa shape index (κ1) is 13.5. The normalized spacial score (nSPS) is 13.5. The minimum Gasteiger partial charge on any atom is -0.457 e. The van der Waals surface area contributed by atoms with Gasteiger partial charge in [-0.25, -0.2) is 0 Å². The van der Waals surface area contributed by atoms with Gasteiger partial charge in [0.05, 0.1) is 11.1 Å². The molecule has 0 spiro atoms. The molecule has 0 fully saturated rings. The lowest BCUT2D eigenvalue weighted by atomic mass is 9.94. The van der Waals surface area contributed by atoms with E-state index in [2.05, 4.69) is 0 Å². The maximum Gasteiger partial charge on any atom is 0.285 e. The summed E-state index contributed by atoms with van der Waals surface area (Å²) in [5.41, 5.74) is 0.552. The largest absolute Gasteiger partial charge is 0.457 e. The molecule has 0 aromatic heterocycles. The van der Waals surface area contributed by atoms with Crippen LogP contribution in [-0.2, 0) is 0 Å². The molecule has 0 bridgehead atoms. The molecule has 0 saturated heterocycles. The first-order valence-electron chi connectivity index (χ1n) is 7.03. The Kier molecular flexibility index (Phi) is 2.89. The Labute approximate surface area is 131 Å². The number of carbonyl (C=O) groups is 2. The van der Waals surface area contributed by atoms with E-state index in [0.29, 0.717) is 22.3 Å². The fraction of sp³-hybridized carbons (Fsp3) is 0. The molecule has 1 aliphatic rings.